The molecule has 1 aromatic carbocycles. The maximum atomic E-state index is 4.76. The van der Waals surface area contributed by atoms with Crippen molar-refractivity contribution in [3.63, 3.8) is 0 Å². The zero-order chi connectivity index (χ0) is 17.2. The molecule has 0 spiro atoms. The van der Waals surface area contributed by atoms with E-state index < -0.39 is 0 Å². The highest BCUT2D eigenvalue weighted by Crippen LogP contribution is 2.04. The largest absolute Gasteiger partial charge is 0.357 e. The monoisotopic (exact) mass is 327 g/mol. The Morgan fingerprint density at radius 1 is 1.25 bits per heavy atom. The second-order valence-corrected chi connectivity index (χ2v) is 5.95. The lowest BCUT2D eigenvalue weighted by molar-refractivity contribution is 0.475. The van der Waals surface area contributed by atoms with E-state index in [2.05, 4.69) is 58.0 Å². The van der Waals surface area contributed by atoms with Gasteiger partial charge in [0.2, 0.25) is 0 Å². The zero-order valence-electron chi connectivity index (χ0n) is 15.1. The Hall–Kier alpha value is -2.30. The van der Waals surface area contributed by atoms with Crippen LogP contribution in [0.25, 0.3) is 0 Å². The smallest absolute Gasteiger partial charge is 0.193 e. The van der Waals surface area contributed by atoms with Gasteiger partial charge in [-0.3, -0.25) is 4.99 Å². The molecular weight excluding hydrogens is 298 g/mol. The van der Waals surface area contributed by atoms with Crippen LogP contribution in [0.2, 0.25) is 0 Å². The predicted octanol–water partition coefficient (Wildman–Crippen LogP) is 3.07. The molecule has 0 radical (unpaired) electrons. The second-order valence-electron chi connectivity index (χ2n) is 5.95. The van der Waals surface area contributed by atoms with Gasteiger partial charge in [0, 0.05) is 45.6 Å². The van der Waals surface area contributed by atoms with Crippen LogP contribution >= 0.6 is 0 Å². The first-order valence-corrected chi connectivity index (χ1v) is 8.71. The fraction of sp³-hybridized carbons (Fsp3) is 0.474. The standard InChI is InChI=1S/C19H29N5/c1-4-20-19(23(3)16-18-10-6-5-7-11-18)22-12-8-9-14-24-15-13-21-17(24)2/h5-7,10-11,13,15H,4,8-9,12,14,16H2,1-3H3,(H,20,22). The molecule has 0 atom stereocenters. The van der Waals surface area contributed by atoms with Gasteiger partial charge in [-0.2, -0.15) is 0 Å². The summed E-state index contributed by atoms with van der Waals surface area (Å²) in [5, 5.41) is 3.38. The second kappa shape index (κ2) is 9.75. The number of aromatic nitrogens is 2. The first kappa shape index (κ1) is 18.0. The number of nitrogens with zero attached hydrogens (tertiary/aromatic N) is 4. The van der Waals surface area contributed by atoms with E-state index >= 15 is 0 Å². The molecule has 0 aliphatic heterocycles. The number of nitrogens with one attached hydrogen (secondary N) is 1. The third kappa shape index (κ3) is 5.72. The van der Waals surface area contributed by atoms with Crippen molar-refractivity contribution in [2.75, 3.05) is 20.1 Å². The van der Waals surface area contributed by atoms with Crippen molar-refractivity contribution in [3.05, 3.63) is 54.1 Å². The van der Waals surface area contributed by atoms with Crippen LogP contribution in [-0.4, -0.2) is 40.5 Å². The summed E-state index contributed by atoms with van der Waals surface area (Å²) in [7, 11) is 2.09. The number of aliphatic imine (C=N–C) groups is 1. The van der Waals surface area contributed by atoms with Gasteiger partial charge < -0.3 is 14.8 Å². The van der Waals surface area contributed by atoms with E-state index in [1.165, 1.54) is 5.56 Å². The zero-order valence-corrected chi connectivity index (χ0v) is 15.1. The molecule has 130 valence electrons. The van der Waals surface area contributed by atoms with E-state index in [0.717, 1.165) is 50.8 Å². The molecule has 2 aromatic rings. The number of benzene rings is 1. The van der Waals surface area contributed by atoms with Crippen LogP contribution in [0.1, 0.15) is 31.2 Å². The maximum absolute atomic E-state index is 4.76. The van der Waals surface area contributed by atoms with Crippen LogP contribution < -0.4 is 5.32 Å². The van der Waals surface area contributed by atoms with Crippen LogP contribution in [0.15, 0.2) is 47.7 Å². The van der Waals surface area contributed by atoms with Gasteiger partial charge in [0.05, 0.1) is 0 Å². The summed E-state index contributed by atoms with van der Waals surface area (Å²) in [5.41, 5.74) is 1.29. The van der Waals surface area contributed by atoms with E-state index in [-0.39, 0.29) is 0 Å². The quantitative estimate of drug-likeness (QED) is 0.460. The highest BCUT2D eigenvalue weighted by Gasteiger charge is 2.06. The van der Waals surface area contributed by atoms with Gasteiger partial charge in [-0.1, -0.05) is 30.3 Å². The van der Waals surface area contributed by atoms with E-state index in [4.69, 9.17) is 4.99 Å². The van der Waals surface area contributed by atoms with E-state index in [9.17, 15) is 0 Å². The average Bonchev–Trinajstić information content (AvgIpc) is 2.99. The van der Waals surface area contributed by atoms with Gasteiger partial charge in [-0.05, 0) is 32.3 Å². The Kier molecular flexibility index (Phi) is 7.33. The SMILES string of the molecule is CCNC(=NCCCCn1ccnc1C)N(C)Cc1ccccc1. The van der Waals surface area contributed by atoms with Gasteiger partial charge in [-0.25, -0.2) is 4.98 Å². The number of hydrogen-bond donors (Lipinski definition) is 1. The minimum absolute atomic E-state index is 0.842. The fourth-order valence-electron chi connectivity index (χ4n) is 2.62. The summed E-state index contributed by atoms with van der Waals surface area (Å²) in [6.07, 6.45) is 6.08. The number of rotatable bonds is 8. The summed E-state index contributed by atoms with van der Waals surface area (Å²) in [4.78, 5) is 11.2. The van der Waals surface area contributed by atoms with Crippen LogP contribution in [0, 0.1) is 6.92 Å². The van der Waals surface area contributed by atoms with Gasteiger partial charge in [0.15, 0.2) is 5.96 Å². The summed E-state index contributed by atoms with van der Waals surface area (Å²) in [5.74, 6) is 2.05. The molecule has 0 saturated carbocycles. The Morgan fingerprint density at radius 3 is 2.71 bits per heavy atom. The van der Waals surface area contributed by atoms with Crippen molar-refractivity contribution in [1.82, 2.24) is 19.8 Å². The van der Waals surface area contributed by atoms with E-state index in [0.29, 0.717) is 0 Å². The summed E-state index contributed by atoms with van der Waals surface area (Å²) >= 11 is 0. The van der Waals surface area contributed by atoms with Crippen molar-refractivity contribution in [1.29, 1.82) is 0 Å². The third-order valence-corrected chi connectivity index (χ3v) is 3.95. The van der Waals surface area contributed by atoms with Gasteiger partial charge in [0.25, 0.3) is 0 Å². The molecule has 1 heterocycles. The number of aryl methyl sites for hydroxylation is 2. The summed E-state index contributed by atoms with van der Waals surface area (Å²) < 4.78 is 2.19. The molecule has 0 saturated heterocycles. The summed E-state index contributed by atoms with van der Waals surface area (Å²) in [6.45, 7) is 7.74. The third-order valence-electron chi connectivity index (χ3n) is 3.95. The number of hydrogen-bond acceptors (Lipinski definition) is 2. The Labute approximate surface area is 145 Å². The molecular formula is C19H29N5. The molecule has 5 nitrogen and oxygen atoms in total. The van der Waals surface area contributed by atoms with Crippen molar-refractivity contribution >= 4 is 5.96 Å². The lowest BCUT2D eigenvalue weighted by Crippen LogP contribution is -2.38. The minimum atomic E-state index is 0.842. The van der Waals surface area contributed by atoms with Crippen molar-refractivity contribution in [2.45, 2.75) is 39.8 Å². The highest BCUT2D eigenvalue weighted by atomic mass is 15.3. The maximum Gasteiger partial charge on any atom is 0.193 e. The molecule has 5 heteroatoms. The molecule has 0 bridgehead atoms. The topological polar surface area (TPSA) is 45.5 Å². The summed E-state index contributed by atoms with van der Waals surface area (Å²) in [6, 6.07) is 10.5. The van der Waals surface area contributed by atoms with Gasteiger partial charge in [0.1, 0.15) is 5.82 Å². The molecule has 0 amide bonds. The number of imidazole rings is 1. The van der Waals surface area contributed by atoms with Crippen LogP contribution in [-0.2, 0) is 13.1 Å². The lowest BCUT2D eigenvalue weighted by Gasteiger charge is -2.22. The normalized spacial score (nSPS) is 11.5. The van der Waals surface area contributed by atoms with Crippen molar-refractivity contribution in [2.24, 2.45) is 4.99 Å². The van der Waals surface area contributed by atoms with Crippen LogP contribution in [0.5, 0.6) is 0 Å². The molecule has 24 heavy (non-hydrogen) atoms. The number of unbranched alkanes of at least 4 members (excludes halogenated alkanes) is 1. The van der Waals surface area contributed by atoms with Gasteiger partial charge in [-0.15, -0.1) is 0 Å². The molecule has 0 aliphatic rings. The van der Waals surface area contributed by atoms with Crippen LogP contribution in [0.3, 0.4) is 0 Å². The Balaban J connectivity index is 1.80. The molecule has 0 unspecified atom stereocenters. The molecule has 1 aromatic heterocycles. The Morgan fingerprint density at radius 2 is 2.04 bits per heavy atom. The minimum Gasteiger partial charge on any atom is -0.357 e. The fourth-order valence-corrected chi connectivity index (χ4v) is 2.62. The van der Waals surface area contributed by atoms with Gasteiger partial charge >= 0.3 is 0 Å². The van der Waals surface area contributed by atoms with E-state index in [1.54, 1.807) is 0 Å². The average molecular weight is 327 g/mol. The molecule has 0 aliphatic carbocycles. The van der Waals surface area contributed by atoms with Crippen molar-refractivity contribution in [3.8, 4) is 0 Å². The van der Waals surface area contributed by atoms with Crippen LogP contribution in [0.4, 0.5) is 0 Å². The first-order valence-electron chi connectivity index (χ1n) is 8.71. The lowest BCUT2D eigenvalue weighted by atomic mass is 10.2. The molecule has 2 rings (SSSR count). The Bertz CT molecular complexity index is 618. The highest BCUT2D eigenvalue weighted by molar-refractivity contribution is 5.79. The predicted molar refractivity (Wildman–Crippen MR) is 100 cm³/mol. The van der Waals surface area contributed by atoms with E-state index in [1.807, 2.05) is 25.4 Å². The van der Waals surface area contributed by atoms with Crippen molar-refractivity contribution < 1.29 is 0 Å². The molecule has 1 N–H and O–H groups in total. The first-order chi connectivity index (χ1) is 11.7. The molecule has 0 fully saturated rings. The number of guanidine groups is 1.